The van der Waals surface area contributed by atoms with Crippen molar-refractivity contribution < 1.29 is 32.9 Å². The van der Waals surface area contributed by atoms with Crippen LogP contribution in [0.1, 0.15) is 11.8 Å². The number of nitrogens with zero attached hydrogens (tertiary/aromatic N) is 1. The second kappa shape index (κ2) is 5.54. The quantitative estimate of drug-likeness (QED) is 0.574. The van der Waals surface area contributed by atoms with Gasteiger partial charge in [-0.2, -0.15) is 13.2 Å². The molecule has 0 bridgehead atoms. The number of ether oxygens (including phenoxy) is 1. The molecule has 2 heterocycles. The van der Waals surface area contributed by atoms with Gasteiger partial charge in [-0.3, -0.25) is 14.3 Å². The molecule has 1 aromatic heterocycles. The van der Waals surface area contributed by atoms with E-state index in [9.17, 15) is 32.7 Å². The van der Waals surface area contributed by atoms with Crippen LogP contribution in [0, 0.1) is 0 Å². The van der Waals surface area contributed by atoms with Crippen LogP contribution in [0.4, 0.5) is 13.2 Å². The molecule has 3 atom stereocenters. The topological polar surface area (TPSA) is 122 Å². The number of aromatic amines is 1. The minimum atomic E-state index is -5.04. The summed E-state index contributed by atoms with van der Waals surface area (Å²) < 4.78 is 43.4. The molecule has 0 aromatic carbocycles. The van der Waals surface area contributed by atoms with Crippen LogP contribution >= 0.6 is 0 Å². The van der Waals surface area contributed by atoms with Gasteiger partial charge in [-0.1, -0.05) is 0 Å². The number of nitrogens with one attached hydrogen (secondary N) is 1. The molecule has 3 N–H and O–H groups in total. The van der Waals surface area contributed by atoms with E-state index in [1.165, 1.54) is 10.9 Å². The fourth-order valence-electron chi connectivity index (χ4n) is 1.99. The second-order valence-corrected chi connectivity index (χ2v) is 4.42. The molecule has 1 aliphatic heterocycles. The Balaban J connectivity index is 2.61. The van der Waals surface area contributed by atoms with E-state index in [4.69, 9.17) is 9.84 Å². The van der Waals surface area contributed by atoms with Crippen LogP contribution < -0.4 is 11.2 Å². The third kappa shape index (κ3) is 2.62. The minimum absolute atomic E-state index is 0.176. The van der Waals surface area contributed by atoms with Gasteiger partial charge in [0.1, 0.15) is 23.7 Å². The summed E-state index contributed by atoms with van der Waals surface area (Å²) in [7, 11) is 0. The van der Waals surface area contributed by atoms with Crippen LogP contribution in [0.15, 0.2) is 21.4 Å². The molecule has 8 nitrogen and oxygen atoms in total. The molecule has 11 heteroatoms. The highest BCUT2D eigenvalue weighted by Crippen LogP contribution is 2.32. The summed E-state index contributed by atoms with van der Waals surface area (Å²) in [5.41, 5.74) is -5.17. The highest BCUT2D eigenvalue weighted by atomic mass is 19.4. The van der Waals surface area contributed by atoms with Gasteiger partial charge in [0.25, 0.3) is 5.56 Å². The Bertz CT molecular complexity index is 745. The van der Waals surface area contributed by atoms with E-state index in [-0.39, 0.29) is 6.20 Å². The molecular weight excluding hydrogens is 313 g/mol. The zero-order valence-corrected chi connectivity index (χ0v) is 10.6. The van der Waals surface area contributed by atoms with E-state index in [0.717, 1.165) is 0 Å². The monoisotopic (exact) mass is 322 g/mol. The number of rotatable bonds is 2. The molecule has 1 aromatic rings. The average Bonchev–Trinajstić information content (AvgIpc) is 2.73. The van der Waals surface area contributed by atoms with Crippen molar-refractivity contribution in [3.63, 3.8) is 0 Å². The number of hydrogen-bond donors (Lipinski definition) is 3. The Hall–Kier alpha value is -2.20. The van der Waals surface area contributed by atoms with Crippen LogP contribution in [0.25, 0.3) is 0 Å². The Morgan fingerprint density at radius 3 is 2.55 bits per heavy atom. The van der Waals surface area contributed by atoms with E-state index in [1.807, 2.05) is 0 Å². The number of alkyl halides is 3. The zero-order valence-electron chi connectivity index (χ0n) is 10.6. The molecule has 1 saturated heterocycles. The Morgan fingerprint density at radius 2 is 2.05 bits per heavy atom. The fraction of sp³-hybridized carbons (Fsp3) is 0.455. The molecule has 1 aliphatic rings. The van der Waals surface area contributed by atoms with Gasteiger partial charge in [0.05, 0.1) is 12.2 Å². The number of halogens is 3. The molecule has 0 amide bonds. The summed E-state index contributed by atoms with van der Waals surface area (Å²) in [6.07, 6.45) is -9.53. The third-order valence-electron chi connectivity index (χ3n) is 3.06. The minimum Gasteiger partial charge on any atom is -0.394 e. The van der Waals surface area contributed by atoms with E-state index in [2.05, 4.69) is 0 Å². The van der Waals surface area contributed by atoms with E-state index < -0.39 is 53.6 Å². The highest BCUT2D eigenvalue weighted by molar-refractivity contribution is 5.56. The molecule has 0 spiro atoms. The fourth-order valence-corrected chi connectivity index (χ4v) is 1.99. The van der Waals surface area contributed by atoms with Crippen LogP contribution in [0.3, 0.4) is 0 Å². The number of aliphatic hydroxyl groups excluding tert-OH is 2. The predicted molar refractivity (Wildman–Crippen MR) is 62.5 cm³/mol. The zero-order chi connectivity index (χ0) is 16.7. The SMILES string of the molecule is O=C=C1[C@H](n2cc(C(F)(F)F)c(=O)[nH]c2=O)O[C@H](CO)[C@H]1O. The van der Waals surface area contributed by atoms with Crippen LogP contribution in [0.5, 0.6) is 0 Å². The van der Waals surface area contributed by atoms with Crippen molar-refractivity contribution in [2.45, 2.75) is 24.6 Å². The normalized spacial score (nSPS) is 25.3. The van der Waals surface area contributed by atoms with Crippen LogP contribution in [-0.2, 0) is 15.7 Å². The molecule has 0 aliphatic carbocycles. The maximum absolute atomic E-state index is 12.7. The molecule has 120 valence electrons. The van der Waals surface area contributed by atoms with Crippen molar-refractivity contribution >= 4 is 5.94 Å². The number of carbonyl (C=O) groups excluding carboxylic acids is 1. The first-order valence-electron chi connectivity index (χ1n) is 5.82. The third-order valence-corrected chi connectivity index (χ3v) is 3.06. The highest BCUT2D eigenvalue weighted by Gasteiger charge is 2.42. The largest absolute Gasteiger partial charge is 0.423 e. The van der Waals surface area contributed by atoms with Gasteiger partial charge in [-0.25, -0.2) is 9.59 Å². The number of hydrogen-bond acceptors (Lipinski definition) is 6. The lowest BCUT2D eigenvalue weighted by Gasteiger charge is -2.15. The van der Waals surface area contributed by atoms with E-state index >= 15 is 0 Å². The van der Waals surface area contributed by atoms with Crippen LogP contribution in [0.2, 0.25) is 0 Å². The number of H-pyrrole nitrogens is 1. The Morgan fingerprint density at radius 1 is 1.41 bits per heavy atom. The summed E-state index contributed by atoms with van der Waals surface area (Å²) in [5.74, 6) is 1.27. The number of aromatic nitrogens is 2. The van der Waals surface area contributed by atoms with Crippen molar-refractivity contribution in [1.82, 2.24) is 9.55 Å². The first kappa shape index (κ1) is 16.2. The first-order valence-corrected chi connectivity index (χ1v) is 5.82. The van der Waals surface area contributed by atoms with E-state index in [0.29, 0.717) is 4.57 Å². The Kier molecular flexibility index (Phi) is 4.07. The average molecular weight is 322 g/mol. The lowest BCUT2D eigenvalue weighted by molar-refractivity contribution is -0.139. The van der Waals surface area contributed by atoms with Crippen molar-refractivity contribution in [3.05, 3.63) is 38.2 Å². The molecular formula is C11H9F3N2O6. The summed E-state index contributed by atoms with van der Waals surface area (Å²) >= 11 is 0. The summed E-state index contributed by atoms with van der Waals surface area (Å²) in [5, 5.41) is 18.6. The Labute approximate surface area is 119 Å². The lowest BCUT2D eigenvalue weighted by atomic mass is 10.1. The predicted octanol–water partition coefficient (Wildman–Crippen LogP) is -1.44. The first-order chi connectivity index (χ1) is 10.2. The smallest absolute Gasteiger partial charge is 0.394 e. The lowest BCUT2D eigenvalue weighted by Crippen LogP contribution is -2.37. The van der Waals surface area contributed by atoms with Crippen LogP contribution in [-0.4, -0.2) is 44.5 Å². The van der Waals surface area contributed by atoms with Gasteiger partial charge >= 0.3 is 11.9 Å². The van der Waals surface area contributed by atoms with Gasteiger partial charge < -0.3 is 14.9 Å². The number of aliphatic hydroxyl groups is 2. The maximum atomic E-state index is 12.7. The van der Waals surface area contributed by atoms with Crippen molar-refractivity contribution in [2.75, 3.05) is 6.61 Å². The van der Waals surface area contributed by atoms with Gasteiger partial charge in [0.2, 0.25) is 0 Å². The van der Waals surface area contributed by atoms with Gasteiger partial charge in [0.15, 0.2) is 6.23 Å². The molecule has 0 radical (unpaired) electrons. The van der Waals surface area contributed by atoms with Crippen molar-refractivity contribution in [3.8, 4) is 0 Å². The van der Waals surface area contributed by atoms with Gasteiger partial charge in [0, 0.05) is 6.20 Å². The standard InChI is InChI=1S/C11H9F3N2O6/c12-11(13,14)5-1-16(10(21)15-8(5)20)9-4(2-17)7(19)6(3-18)22-9/h1,6-7,9,18-19H,3H2,(H,15,20,21)/t6-,7+,9-/m1/s1. The van der Waals surface area contributed by atoms with Crippen molar-refractivity contribution in [2.24, 2.45) is 0 Å². The molecule has 22 heavy (non-hydrogen) atoms. The maximum Gasteiger partial charge on any atom is 0.423 e. The summed E-state index contributed by atoms with van der Waals surface area (Å²) in [6.45, 7) is -0.743. The molecule has 1 fully saturated rings. The van der Waals surface area contributed by atoms with E-state index in [1.54, 1.807) is 0 Å². The van der Waals surface area contributed by atoms with Gasteiger partial charge in [-0.15, -0.1) is 0 Å². The molecule has 0 unspecified atom stereocenters. The molecule has 0 saturated carbocycles. The molecule has 2 rings (SSSR count). The summed E-state index contributed by atoms with van der Waals surface area (Å²) in [6, 6.07) is 0. The second-order valence-electron chi connectivity index (χ2n) is 4.42. The van der Waals surface area contributed by atoms with Crippen molar-refractivity contribution in [1.29, 1.82) is 0 Å². The van der Waals surface area contributed by atoms with Gasteiger partial charge in [-0.05, 0) is 0 Å². The summed E-state index contributed by atoms with van der Waals surface area (Å²) in [4.78, 5) is 35.1.